The van der Waals surface area contributed by atoms with Crippen molar-refractivity contribution >= 4 is 40.1 Å². The first-order valence-electron chi connectivity index (χ1n) is 13.8. The van der Waals surface area contributed by atoms with E-state index < -0.39 is 12.1 Å². The molecule has 9 heteroatoms. The number of benzene rings is 3. The average Bonchev–Trinajstić information content (AvgIpc) is 3.12. The molecule has 1 unspecified atom stereocenters. The zero-order chi connectivity index (χ0) is 28.5. The van der Waals surface area contributed by atoms with Gasteiger partial charge in [-0.1, -0.05) is 66.2 Å². The molecule has 0 spiro atoms. The predicted molar refractivity (Wildman–Crippen MR) is 159 cm³/mol. The maximum atomic E-state index is 13.8. The number of nitrogens with two attached hydrogens (primary N) is 1. The quantitative estimate of drug-likeness (QED) is 0.286. The molecule has 1 aliphatic heterocycles. The summed E-state index contributed by atoms with van der Waals surface area (Å²) in [6.45, 7) is 1.24. The van der Waals surface area contributed by atoms with Gasteiger partial charge in [-0.2, -0.15) is 0 Å². The van der Waals surface area contributed by atoms with E-state index in [9.17, 15) is 14.4 Å². The topological polar surface area (TPSA) is 117 Å². The number of hydrogen-bond acceptors (Lipinski definition) is 5. The minimum atomic E-state index is -0.654. The standard InChI is InChI=1S/C31H38ClN5O3/c1-34-30(39)28(18-22-8-11-23-5-2-3-6-24(23)17-22)37-16-14-26(36-27(31(37)40)7-4-15-33)20-35-29(38)19-21-9-12-25(32)13-10-21/h2-3,5-6,8-13,17,26-28,36H,4,7,14-16,18-20,33H2,1H3,(H,34,39)(H,35,38)/t26-,27+,28?/m1/s1. The van der Waals surface area contributed by atoms with Crippen molar-refractivity contribution in [1.82, 2.24) is 20.9 Å². The maximum absolute atomic E-state index is 13.8. The van der Waals surface area contributed by atoms with Crippen molar-refractivity contribution in [2.75, 3.05) is 26.7 Å². The average molecular weight is 564 g/mol. The van der Waals surface area contributed by atoms with Crippen molar-refractivity contribution in [2.45, 2.75) is 50.2 Å². The molecule has 1 aliphatic rings. The smallest absolute Gasteiger partial charge is 0.242 e. The summed E-state index contributed by atoms with van der Waals surface area (Å²) in [6, 6.07) is 20.1. The van der Waals surface area contributed by atoms with Crippen LogP contribution >= 0.6 is 11.6 Å². The van der Waals surface area contributed by atoms with Gasteiger partial charge in [0.15, 0.2) is 0 Å². The van der Waals surface area contributed by atoms with Crippen molar-refractivity contribution in [3.8, 4) is 0 Å². The molecular formula is C31H38ClN5O3. The van der Waals surface area contributed by atoms with Gasteiger partial charge in [-0.25, -0.2) is 0 Å². The molecule has 1 fully saturated rings. The molecule has 40 heavy (non-hydrogen) atoms. The van der Waals surface area contributed by atoms with E-state index in [4.69, 9.17) is 17.3 Å². The Kier molecular flexibility index (Phi) is 10.5. The lowest BCUT2D eigenvalue weighted by atomic mass is 9.99. The van der Waals surface area contributed by atoms with Crippen molar-refractivity contribution < 1.29 is 14.4 Å². The van der Waals surface area contributed by atoms with E-state index in [1.165, 1.54) is 0 Å². The number of fused-ring (bicyclic) bond motifs is 1. The van der Waals surface area contributed by atoms with Crippen LogP contribution in [-0.4, -0.2) is 67.4 Å². The van der Waals surface area contributed by atoms with Crippen molar-refractivity contribution in [3.05, 3.63) is 82.9 Å². The van der Waals surface area contributed by atoms with Gasteiger partial charge in [0, 0.05) is 37.6 Å². The largest absolute Gasteiger partial charge is 0.357 e. The van der Waals surface area contributed by atoms with Gasteiger partial charge < -0.3 is 26.6 Å². The molecule has 3 aromatic rings. The Bertz CT molecular complexity index is 1320. The van der Waals surface area contributed by atoms with Crippen LogP contribution in [0.5, 0.6) is 0 Å². The lowest BCUT2D eigenvalue weighted by Crippen LogP contribution is -2.54. The SMILES string of the molecule is CNC(=O)C(Cc1ccc2ccccc2c1)N1CC[C@H](CNC(=O)Cc2ccc(Cl)cc2)N[C@@H](CCCN)C1=O. The van der Waals surface area contributed by atoms with Crippen molar-refractivity contribution in [1.29, 1.82) is 0 Å². The molecule has 3 amide bonds. The Labute approximate surface area is 240 Å². The summed E-state index contributed by atoms with van der Waals surface area (Å²) in [4.78, 5) is 41.3. The fourth-order valence-corrected chi connectivity index (χ4v) is 5.36. The lowest BCUT2D eigenvalue weighted by molar-refractivity contribution is -0.141. The van der Waals surface area contributed by atoms with Crippen LogP contribution < -0.4 is 21.7 Å². The molecule has 0 radical (unpaired) electrons. The minimum Gasteiger partial charge on any atom is -0.357 e. The Hall–Kier alpha value is -3.46. The molecule has 5 N–H and O–H groups in total. The molecule has 3 aromatic carbocycles. The summed E-state index contributed by atoms with van der Waals surface area (Å²) in [7, 11) is 1.60. The second-order valence-electron chi connectivity index (χ2n) is 10.3. The van der Waals surface area contributed by atoms with Gasteiger partial charge in [0.05, 0.1) is 12.5 Å². The van der Waals surface area contributed by atoms with Crippen LogP contribution in [0.25, 0.3) is 10.8 Å². The van der Waals surface area contributed by atoms with Crippen LogP contribution in [0.3, 0.4) is 0 Å². The zero-order valence-electron chi connectivity index (χ0n) is 22.9. The van der Waals surface area contributed by atoms with E-state index in [2.05, 4.69) is 28.1 Å². The van der Waals surface area contributed by atoms with Crippen molar-refractivity contribution in [2.24, 2.45) is 5.73 Å². The van der Waals surface area contributed by atoms with Gasteiger partial charge in [0.2, 0.25) is 17.7 Å². The molecule has 1 saturated heterocycles. The van der Waals surface area contributed by atoms with Crippen LogP contribution in [0, 0.1) is 0 Å². The first-order valence-corrected chi connectivity index (χ1v) is 14.2. The number of nitrogens with zero attached hydrogens (tertiary/aromatic N) is 1. The van der Waals surface area contributed by atoms with Gasteiger partial charge in [-0.05, 0) is 59.8 Å². The summed E-state index contributed by atoms with van der Waals surface area (Å²) < 4.78 is 0. The van der Waals surface area contributed by atoms with Gasteiger partial charge in [0.25, 0.3) is 0 Å². The summed E-state index contributed by atoms with van der Waals surface area (Å²) >= 11 is 5.95. The number of rotatable bonds is 11. The Morgan fingerprint density at radius 2 is 1.80 bits per heavy atom. The van der Waals surface area contributed by atoms with E-state index >= 15 is 0 Å². The monoisotopic (exact) mass is 563 g/mol. The number of carbonyl (C=O) groups is 3. The van der Waals surface area contributed by atoms with E-state index in [0.717, 1.165) is 21.9 Å². The van der Waals surface area contributed by atoms with E-state index in [-0.39, 0.29) is 30.2 Å². The molecule has 0 aromatic heterocycles. The van der Waals surface area contributed by atoms with Crippen LogP contribution in [0.15, 0.2) is 66.7 Å². The summed E-state index contributed by atoms with van der Waals surface area (Å²) in [5, 5.41) is 12.0. The Balaban J connectivity index is 1.48. The Morgan fingerprint density at radius 1 is 1.07 bits per heavy atom. The third-order valence-electron chi connectivity index (χ3n) is 7.43. The Morgan fingerprint density at radius 3 is 2.52 bits per heavy atom. The zero-order valence-corrected chi connectivity index (χ0v) is 23.6. The third-order valence-corrected chi connectivity index (χ3v) is 7.68. The molecule has 0 bridgehead atoms. The number of hydrogen-bond donors (Lipinski definition) is 4. The lowest BCUT2D eigenvalue weighted by Gasteiger charge is -2.31. The highest BCUT2D eigenvalue weighted by atomic mass is 35.5. The number of amides is 3. The fraction of sp³-hybridized carbons (Fsp3) is 0.387. The fourth-order valence-electron chi connectivity index (χ4n) is 5.23. The summed E-state index contributed by atoms with van der Waals surface area (Å²) in [5.41, 5.74) is 7.64. The first kappa shape index (κ1) is 29.5. The third kappa shape index (κ3) is 7.81. The van der Waals surface area contributed by atoms with E-state index in [1.807, 2.05) is 42.5 Å². The molecule has 0 aliphatic carbocycles. The summed E-state index contributed by atoms with van der Waals surface area (Å²) in [5.74, 6) is -0.416. The van der Waals surface area contributed by atoms with Gasteiger partial charge in [0.1, 0.15) is 6.04 Å². The number of nitrogens with one attached hydrogen (secondary N) is 3. The summed E-state index contributed by atoms with van der Waals surface area (Å²) in [6.07, 6.45) is 2.47. The predicted octanol–water partition coefficient (Wildman–Crippen LogP) is 2.81. The molecule has 0 saturated carbocycles. The first-order chi connectivity index (χ1) is 19.4. The molecule has 3 atom stereocenters. The van der Waals surface area contributed by atoms with Crippen LogP contribution in [0.1, 0.15) is 30.4 Å². The second kappa shape index (κ2) is 14.3. The van der Waals surface area contributed by atoms with E-state index in [1.54, 1.807) is 24.1 Å². The van der Waals surface area contributed by atoms with Crippen LogP contribution in [0.2, 0.25) is 5.02 Å². The van der Waals surface area contributed by atoms with E-state index in [0.29, 0.717) is 50.3 Å². The number of likely N-dealkylation sites (N-methyl/N-ethyl adjacent to an activating group) is 1. The number of carbonyl (C=O) groups excluding carboxylic acids is 3. The minimum absolute atomic E-state index is 0.102. The highest BCUT2D eigenvalue weighted by Crippen LogP contribution is 2.21. The molecule has 1 heterocycles. The number of halogens is 1. The van der Waals surface area contributed by atoms with Crippen LogP contribution in [-0.2, 0) is 27.2 Å². The van der Waals surface area contributed by atoms with Crippen LogP contribution in [0.4, 0.5) is 0 Å². The van der Waals surface area contributed by atoms with Crippen molar-refractivity contribution in [3.63, 3.8) is 0 Å². The molecule has 4 rings (SSSR count). The van der Waals surface area contributed by atoms with Gasteiger partial charge >= 0.3 is 0 Å². The molecular weight excluding hydrogens is 526 g/mol. The highest BCUT2D eigenvalue weighted by Gasteiger charge is 2.37. The normalized spacial score (nSPS) is 18.3. The van der Waals surface area contributed by atoms with Gasteiger partial charge in [-0.3, -0.25) is 14.4 Å². The highest BCUT2D eigenvalue weighted by molar-refractivity contribution is 6.30. The van der Waals surface area contributed by atoms with Gasteiger partial charge in [-0.15, -0.1) is 0 Å². The molecule has 212 valence electrons. The second-order valence-corrected chi connectivity index (χ2v) is 10.7. The maximum Gasteiger partial charge on any atom is 0.242 e. The molecule has 8 nitrogen and oxygen atoms in total.